The normalized spacial score (nSPS) is 17.2. The molecule has 0 aliphatic carbocycles. The molecule has 7 heteroatoms. The maximum atomic E-state index is 13.2. The van der Waals surface area contributed by atoms with Crippen LogP contribution in [0.15, 0.2) is 40.8 Å². The summed E-state index contributed by atoms with van der Waals surface area (Å²) in [6.07, 6.45) is 5.56. The van der Waals surface area contributed by atoms with Crippen molar-refractivity contribution in [2.75, 3.05) is 6.54 Å². The van der Waals surface area contributed by atoms with E-state index in [1.54, 1.807) is 12.1 Å². The minimum Gasteiger partial charge on any atom is -0.338 e. The van der Waals surface area contributed by atoms with Crippen LogP contribution >= 0.6 is 11.3 Å². The number of rotatable bonds is 4. The number of fused-ring (bicyclic) bond motifs is 1. The Morgan fingerprint density at radius 3 is 2.82 bits per heavy atom. The van der Waals surface area contributed by atoms with Crippen LogP contribution in [-0.4, -0.2) is 32.9 Å². The first-order valence-corrected chi connectivity index (χ1v) is 10.5. The van der Waals surface area contributed by atoms with Crippen LogP contribution in [0.1, 0.15) is 32.6 Å². The van der Waals surface area contributed by atoms with Gasteiger partial charge in [-0.15, -0.1) is 11.3 Å². The van der Waals surface area contributed by atoms with E-state index in [2.05, 4.69) is 11.9 Å². The SMILES string of the molecule is CC[C@H]1CCCCN1C(=O)Cn1cnc2scc(-c3ccc(F)cc3)c2c1=O. The quantitative estimate of drug-likeness (QED) is 0.665. The first kappa shape index (κ1) is 18.8. The zero-order valence-corrected chi connectivity index (χ0v) is 16.5. The molecule has 1 fully saturated rings. The fraction of sp³-hybridized carbons (Fsp3) is 0.381. The van der Waals surface area contributed by atoms with E-state index < -0.39 is 0 Å². The Morgan fingerprint density at radius 2 is 2.07 bits per heavy atom. The number of hydrogen-bond acceptors (Lipinski definition) is 4. The van der Waals surface area contributed by atoms with Gasteiger partial charge in [0.1, 0.15) is 17.2 Å². The Hall–Kier alpha value is -2.54. The second kappa shape index (κ2) is 7.83. The predicted molar refractivity (Wildman–Crippen MR) is 109 cm³/mol. The Labute approximate surface area is 166 Å². The molecule has 3 heterocycles. The molecule has 1 atom stereocenters. The van der Waals surface area contributed by atoms with E-state index in [1.807, 2.05) is 10.3 Å². The van der Waals surface area contributed by atoms with Gasteiger partial charge in [0.15, 0.2) is 0 Å². The average Bonchev–Trinajstić information content (AvgIpc) is 3.15. The van der Waals surface area contributed by atoms with Gasteiger partial charge >= 0.3 is 0 Å². The molecule has 1 aromatic carbocycles. The van der Waals surface area contributed by atoms with Gasteiger partial charge in [0.25, 0.3) is 5.56 Å². The number of benzene rings is 1. The molecule has 0 saturated carbocycles. The van der Waals surface area contributed by atoms with E-state index in [-0.39, 0.29) is 29.9 Å². The molecule has 0 spiro atoms. The number of piperidine rings is 1. The molecule has 0 N–H and O–H groups in total. The topological polar surface area (TPSA) is 55.2 Å². The monoisotopic (exact) mass is 399 g/mol. The van der Waals surface area contributed by atoms with Crippen molar-refractivity contribution in [3.63, 3.8) is 0 Å². The minimum absolute atomic E-state index is 0.00300. The zero-order valence-electron chi connectivity index (χ0n) is 15.7. The van der Waals surface area contributed by atoms with Gasteiger partial charge < -0.3 is 4.90 Å². The van der Waals surface area contributed by atoms with Crippen LogP contribution in [0.5, 0.6) is 0 Å². The summed E-state index contributed by atoms with van der Waals surface area (Å²) in [6, 6.07) is 6.30. The van der Waals surface area contributed by atoms with Gasteiger partial charge in [-0.05, 0) is 43.4 Å². The minimum atomic E-state index is -0.323. The first-order valence-electron chi connectivity index (χ1n) is 9.60. The van der Waals surface area contributed by atoms with Crippen LogP contribution in [0.25, 0.3) is 21.3 Å². The van der Waals surface area contributed by atoms with E-state index in [1.165, 1.54) is 34.4 Å². The van der Waals surface area contributed by atoms with Crippen molar-refractivity contribution >= 4 is 27.5 Å². The summed E-state index contributed by atoms with van der Waals surface area (Å²) in [7, 11) is 0. The molecule has 5 nitrogen and oxygen atoms in total. The number of carbonyl (C=O) groups is 1. The van der Waals surface area contributed by atoms with Gasteiger partial charge in [-0.1, -0.05) is 19.1 Å². The maximum absolute atomic E-state index is 13.2. The molecular formula is C21H22FN3O2S. The van der Waals surface area contributed by atoms with Crippen LogP contribution in [0.3, 0.4) is 0 Å². The Balaban J connectivity index is 1.68. The zero-order chi connectivity index (χ0) is 19.7. The second-order valence-corrected chi connectivity index (χ2v) is 8.02. The van der Waals surface area contributed by atoms with Crippen molar-refractivity contribution in [3.8, 4) is 11.1 Å². The van der Waals surface area contributed by atoms with Gasteiger partial charge in [0.2, 0.25) is 5.91 Å². The Kier molecular flexibility index (Phi) is 5.26. The van der Waals surface area contributed by atoms with Crippen molar-refractivity contribution in [3.05, 3.63) is 52.1 Å². The summed E-state index contributed by atoms with van der Waals surface area (Å²) in [5, 5.41) is 2.34. The number of nitrogens with zero attached hydrogens (tertiary/aromatic N) is 3. The van der Waals surface area contributed by atoms with Crippen molar-refractivity contribution in [2.24, 2.45) is 0 Å². The molecule has 0 unspecified atom stereocenters. The highest BCUT2D eigenvalue weighted by molar-refractivity contribution is 7.17. The lowest BCUT2D eigenvalue weighted by atomic mass is 10.00. The van der Waals surface area contributed by atoms with Gasteiger partial charge in [-0.25, -0.2) is 9.37 Å². The van der Waals surface area contributed by atoms with Crippen LogP contribution in [0.2, 0.25) is 0 Å². The van der Waals surface area contributed by atoms with Crippen LogP contribution in [-0.2, 0) is 11.3 Å². The molecule has 0 radical (unpaired) electrons. The molecule has 3 aromatic rings. The molecule has 1 amide bonds. The molecule has 0 bridgehead atoms. The predicted octanol–water partition coefficient (Wildman–Crippen LogP) is 4.06. The average molecular weight is 399 g/mol. The van der Waals surface area contributed by atoms with E-state index in [4.69, 9.17) is 0 Å². The Morgan fingerprint density at radius 1 is 1.29 bits per heavy atom. The lowest BCUT2D eigenvalue weighted by molar-refractivity contribution is -0.135. The third-order valence-electron chi connectivity index (χ3n) is 5.44. The third kappa shape index (κ3) is 3.46. The number of amides is 1. The third-order valence-corrected chi connectivity index (χ3v) is 6.33. The fourth-order valence-electron chi connectivity index (χ4n) is 3.91. The van der Waals surface area contributed by atoms with Gasteiger partial charge in [0, 0.05) is 23.5 Å². The van der Waals surface area contributed by atoms with Crippen molar-refractivity contribution in [2.45, 2.75) is 45.2 Å². The summed E-state index contributed by atoms with van der Waals surface area (Å²) in [5.74, 6) is -0.357. The number of halogens is 1. The summed E-state index contributed by atoms with van der Waals surface area (Å²) >= 11 is 1.37. The number of hydrogen-bond donors (Lipinski definition) is 0. The van der Waals surface area contributed by atoms with Crippen molar-refractivity contribution < 1.29 is 9.18 Å². The fourth-order valence-corrected chi connectivity index (χ4v) is 4.82. The first-order chi connectivity index (χ1) is 13.6. The van der Waals surface area contributed by atoms with Crippen molar-refractivity contribution in [1.82, 2.24) is 14.5 Å². The summed E-state index contributed by atoms with van der Waals surface area (Å²) in [6.45, 7) is 2.84. The second-order valence-electron chi connectivity index (χ2n) is 7.16. The molecule has 1 aliphatic rings. The van der Waals surface area contributed by atoms with E-state index >= 15 is 0 Å². The van der Waals surface area contributed by atoms with Crippen LogP contribution in [0.4, 0.5) is 4.39 Å². The highest BCUT2D eigenvalue weighted by atomic mass is 32.1. The number of carbonyl (C=O) groups excluding carboxylic acids is 1. The number of likely N-dealkylation sites (tertiary alicyclic amines) is 1. The lowest BCUT2D eigenvalue weighted by Crippen LogP contribution is -2.45. The van der Waals surface area contributed by atoms with Gasteiger partial charge in [-0.3, -0.25) is 14.2 Å². The largest absolute Gasteiger partial charge is 0.338 e. The summed E-state index contributed by atoms with van der Waals surface area (Å²) < 4.78 is 14.6. The number of thiophene rings is 1. The summed E-state index contributed by atoms with van der Waals surface area (Å²) in [4.78, 5) is 32.9. The molecule has 1 aliphatic heterocycles. The molecular weight excluding hydrogens is 377 g/mol. The van der Waals surface area contributed by atoms with E-state index in [0.29, 0.717) is 10.2 Å². The summed E-state index contributed by atoms with van der Waals surface area (Å²) in [5.41, 5.74) is 1.25. The van der Waals surface area contributed by atoms with Crippen LogP contribution < -0.4 is 5.56 Å². The van der Waals surface area contributed by atoms with Gasteiger partial charge in [0.05, 0.1) is 11.7 Å². The lowest BCUT2D eigenvalue weighted by Gasteiger charge is -2.35. The smallest absolute Gasteiger partial charge is 0.263 e. The van der Waals surface area contributed by atoms with E-state index in [9.17, 15) is 14.0 Å². The van der Waals surface area contributed by atoms with Crippen LogP contribution in [0, 0.1) is 5.82 Å². The Bertz CT molecular complexity index is 1060. The molecule has 1 saturated heterocycles. The highest BCUT2D eigenvalue weighted by Gasteiger charge is 2.26. The molecule has 28 heavy (non-hydrogen) atoms. The van der Waals surface area contributed by atoms with Crippen molar-refractivity contribution in [1.29, 1.82) is 0 Å². The van der Waals surface area contributed by atoms with E-state index in [0.717, 1.165) is 43.4 Å². The molecule has 146 valence electrons. The number of aromatic nitrogens is 2. The molecule has 2 aromatic heterocycles. The highest BCUT2D eigenvalue weighted by Crippen LogP contribution is 2.30. The standard InChI is InChI=1S/C21H22FN3O2S/c1-2-16-5-3-4-10-25(16)18(26)11-24-13-23-20-19(21(24)27)17(12-28-20)14-6-8-15(22)9-7-14/h6-9,12-13,16H,2-5,10-11H2,1H3/t16-/m0/s1. The van der Waals surface area contributed by atoms with Gasteiger partial charge in [-0.2, -0.15) is 0 Å². The molecule has 4 rings (SSSR count). The maximum Gasteiger partial charge on any atom is 0.263 e.